The van der Waals surface area contributed by atoms with Crippen LogP contribution in [0.25, 0.3) is 22.1 Å². The molecule has 0 spiro atoms. The number of benzene rings is 6. The third-order valence-corrected chi connectivity index (χ3v) is 20.0. The number of methoxy groups -OCH3 is 1. The molecular weight excluding hydrogens is 1700 g/mol. The number of carboxylic acids is 1. The average molecular weight is 1770 g/mol. The first-order chi connectivity index (χ1) is 62.8. The molecule has 0 saturated carbocycles. The number of rotatable bonds is 14. The summed E-state index contributed by atoms with van der Waals surface area (Å²) in [6, 6.07) is 31.2. The number of carboxylic acid groups (broad SMARTS) is 1. The second-order valence-electron chi connectivity index (χ2n) is 27.5. The number of carbonyl (C=O) groups is 2. The SMILES string of the molecule is C.C#CC#CC#CC#CC#CC#CC#CC#CC#CC#CC#CC#CC#CC#CC#CC#CC#CC#CC#CC#CC#CC#CC.COC(=O)c1ccc2nc(CN3CCC(c4cccc5c4O[C@@H](c4ccc(Cl)cc4F)O5)CC3)n(C[C@@H]3CCO3)c2c1.O=C([O-])c1ccc2nc(CN3CCC(c4cccc5c4O[C@@H](c4ccc(Cl)cc4F)O5)CC3)n(C[C@@H]3CCO3)c2c1.[Li+].[NH4+].[OH-]. The molecule has 5 N–H and O–H groups in total. The van der Waals surface area contributed by atoms with Crippen molar-refractivity contribution in [2.24, 2.45) is 0 Å². The Morgan fingerprint density at radius 3 is 1.06 bits per heavy atom. The second-order valence-corrected chi connectivity index (χ2v) is 28.3. The Hall–Kier alpha value is -16.5. The number of likely N-dealkylation sites (tertiary alicyclic amines) is 2. The molecule has 23 heteroatoms. The summed E-state index contributed by atoms with van der Waals surface area (Å²) >= 11 is 11.9. The van der Waals surface area contributed by atoms with E-state index < -0.39 is 30.2 Å². The van der Waals surface area contributed by atoms with E-state index in [0.29, 0.717) is 81.8 Å². The summed E-state index contributed by atoms with van der Waals surface area (Å²) < 4.78 is 74.1. The van der Waals surface area contributed by atoms with Gasteiger partial charge in [0, 0.05) is 188 Å². The van der Waals surface area contributed by atoms with Gasteiger partial charge >= 0.3 is 24.8 Å². The molecule has 8 aromatic rings. The molecule has 4 fully saturated rings. The second kappa shape index (κ2) is 53.9. The summed E-state index contributed by atoms with van der Waals surface area (Å²) in [6.45, 7) is 9.41. The molecule has 6 aromatic carbocycles. The van der Waals surface area contributed by atoms with Gasteiger partial charge in [-0.05, 0) is 263 Å². The van der Waals surface area contributed by atoms with Crippen molar-refractivity contribution < 1.29 is 81.0 Å². The van der Waals surface area contributed by atoms with E-state index in [-0.39, 0.29) is 67.6 Å². The Kier molecular flexibility index (Phi) is 41.2. The van der Waals surface area contributed by atoms with Crippen LogP contribution in [-0.2, 0) is 40.4 Å². The van der Waals surface area contributed by atoms with Crippen LogP contribution in [0.4, 0.5) is 8.78 Å². The summed E-state index contributed by atoms with van der Waals surface area (Å²) in [7, 11) is 1.39. The fourth-order valence-corrected chi connectivity index (χ4v) is 13.7. The number of terminal acetylenes is 1. The summed E-state index contributed by atoms with van der Waals surface area (Å²) in [6.07, 6.45) is 9.21. The zero-order chi connectivity index (χ0) is 89.3. The van der Waals surface area contributed by atoms with E-state index >= 15 is 0 Å². The Morgan fingerprint density at radius 1 is 0.447 bits per heavy atom. The van der Waals surface area contributed by atoms with Crippen LogP contribution in [0.15, 0.2) is 109 Å². The van der Waals surface area contributed by atoms with Crippen molar-refractivity contribution in [3.05, 3.63) is 176 Å². The van der Waals surface area contributed by atoms with Crippen LogP contribution in [-0.4, -0.2) is 105 Å². The van der Waals surface area contributed by atoms with Crippen molar-refractivity contribution in [2.45, 2.75) is 116 Å². The number of nitrogens with zero attached hydrogens (tertiary/aromatic N) is 6. The summed E-state index contributed by atoms with van der Waals surface area (Å²) in [5.41, 5.74) is 6.78. The fraction of sp³-hybridized carbons (Fsp3) is 0.229. The van der Waals surface area contributed by atoms with E-state index in [2.05, 4.69) is 286 Å². The van der Waals surface area contributed by atoms with Crippen LogP contribution in [0, 0.1) is 273 Å². The van der Waals surface area contributed by atoms with Crippen molar-refractivity contribution >= 4 is 57.2 Å². The third kappa shape index (κ3) is 29.8. The molecule has 4 saturated heterocycles. The molecular formula is C109H72Cl2F2LiN7O11. The van der Waals surface area contributed by atoms with Gasteiger partial charge in [0.15, 0.2) is 23.0 Å². The normalized spacial score (nSPS) is 14.3. The van der Waals surface area contributed by atoms with Gasteiger partial charge in [-0.15, -0.1) is 6.42 Å². The van der Waals surface area contributed by atoms with E-state index in [1.165, 1.54) is 19.2 Å². The molecule has 6 aliphatic heterocycles. The van der Waals surface area contributed by atoms with E-state index in [1.807, 2.05) is 36.4 Å². The van der Waals surface area contributed by atoms with Crippen molar-refractivity contribution in [3.8, 4) is 284 Å². The molecule has 0 unspecified atom stereocenters. The minimum absolute atomic E-state index is 0. The largest absolute Gasteiger partial charge is 1.00 e. The van der Waals surface area contributed by atoms with Gasteiger partial charge in [0.1, 0.15) is 23.3 Å². The van der Waals surface area contributed by atoms with Crippen molar-refractivity contribution in [1.29, 1.82) is 0 Å². The van der Waals surface area contributed by atoms with Gasteiger partial charge in [-0.1, -0.05) is 66.9 Å². The van der Waals surface area contributed by atoms with E-state index in [4.69, 9.17) is 72.8 Å². The molecule has 0 aliphatic carbocycles. The summed E-state index contributed by atoms with van der Waals surface area (Å²) in [5.74, 6) is 109. The number of para-hydroxylation sites is 2. The van der Waals surface area contributed by atoms with Crippen LogP contribution < -0.4 is 49.1 Å². The molecule has 18 nitrogen and oxygen atoms in total. The predicted octanol–water partition coefficient (Wildman–Crippen LogP) is 9.64. The number of halogens is 4. The Balaban J connectivity index is 0.000000240. The third-order valence-electron chi connectivity index (χ3n) is 19.5. The number of hydrogen-bond donors (Lipinski definition) is 1. The minimum atomic E-state index is -1.20. The van der Waals surface area contributed by atoms with Crippen LogP contribution >= 0.6 is 23.2 Å². The number of quaternary nitrogens is 1. The number of esters is 1. The molecule has 4 atom stereocenters. The van der Waals surface area contributed by atoms with E-state index in [0.717, 1.165) is 123 Å². The van der Waals surface area contributed by atoms with Gasteiger partial charge in [0.05, 0.1) is 90.2 Å². The first kappa shape index (κ1) is 101. The molecule has 6 aliphatic rings. The van der Waals surface area contributed by atoms with Crippen LogP contribution in [0.1, 0.15) is 132 Å². The van der Waals surface area contributed by atoms with E-state index in [9.17, 15) is 23.5 Å². The molecule has 132 heavy (non-hydrogen) atoms. The number of fused-ring (bicyclic) bond motifs is 4. The number of hydrogen-bond acceptors (Lipinski definition) is 15. The Bertz CT molecular complexity index is 7320. The van der Waals surface area contributed by atoms with Crippen molar-refractivity contribution in [1.82, 2.24) is 35.1 Å². The number of aromatic nitrogens is 4. The quantitative estimate of drug-likeness (QED) is 0.0607. The van der Waals surface area contributed by atoms with Gasteiger partial charge in [-0.3, -0.25) is 9.80 Å². The first-order valence-electron chi connectivity index (χ1n) is 39.5. The van der Waals surface area contributed by atoms with Gasteiger partial charge in [-0.2, -0.15) is 0 Å². The zero-order valence-corrected chi connectivity index (χ0v) is 72.5. The summed E-state index contributed by atoms with van der Waals surface area (Å²) in [5, 5.41) is 12.1. The fourth-order valence-electron chi connectivity index (χ4n) is 13.4. The average Bonchev–Trinajstić information content (AvgIpc) is 0.997. The molecule has 0 radical (unpaired) electrons. The molecule has 638 valence electrons. The monoisotopic (exact) mass is 1770 g/mol. The van der Waals surface area contributed by atoms with Crippen molar-refractivity contribution in [3.63, 3.8) is 0 Å². The van der Waals surface area contributed by atoms with Gasteiger partial charge < -0.3 is 63.8 Å². The zero-order valence-electron chi connectivity index (χ0n) is 71.0. The van der Waals surface area contributed by atoms with Gasteiger partial charge in [-0.25, -0.2) is 23.5 Å². The topological polar surface area (TPSA) is 230 Å². The predicted molar refractivity (Wildman–Crippen MR) is 495 cm³/mol. The van der Waals surface area contributed by atoms with Crippen LogP contribution in [0.3, 0.4) is 0 Å². The van der Waals surface area contributed by atoms with Crippen LogP contribution in [0.2, 0.25) is 10.0 Å². The maximum absolute atomic E-state index is 14.6. The Labute approximate surface area is 790 Å². The van der Waals surface area contributed by atoms with Crippen LogP contribution in [0.5, 0.6) is 23.0 Å². The molecule has 14 rings (SSSR count). The van der Waals surface area contributed by atoms with E-state index in [1.54, 1.807) is 55.5 Å². The number of ether oxygens (including phenoxy) is 7. The number of aromatic carboxylic acids is 1. The smallest absolute Gasteiger partial charge is 0.870 e. The van der Waals surface area contributed by atoms with Gasteiger partial charge in [0.2, 0.25) is 0 Å². The molecule has 0 bridgehead atoms. The summed E-state index contributed by atoms with van der Waals surface area (Å²) in [4.78, 5) is 38.3. The maximum Gasteiger partial charge on any atom is 1.00 e. The van der Waals surface area contributed by atoms with Crippen molar-refractivity contribution in [2.75, 3.05) is 46.5 Å². The standard InChI is InChI=1S/C45H4.C32H31ClFN3O5.C31H29ClFN3O5.CH4.Li.H3N.H2O/c1-3-5-7-9-11-13-15-17-19-21-23-25-27-29-31-33-35-37-39-41-43-45-44-42-40-38-36-34-32-30-28-26-24-22-20-18-16-14-12-10-8-6-4-2;1-39-31(38)20-5-8-26-27(15-20)37(17-22-11-14-40-22)29(35-26)18-36-12-9-19(10-13-36)23-3-2-4-28-30(23)42-32(41-28)24-7-6-21(33)16-25(24)34;32-20-5-6-23(24(33)15-20)31-40-27-3-1-2-22(29(27)41-31)18-8-11-35(12-9-18)17-28-34-25-7-4-19(30(37)38)14-26(25)36(28)16-21-10-13-39-21;;;;/h1H,2H3;2-8,15-16,19,22,32H,9-14,17-18H2,1H3;1-7,14-15,18,21,31H,8-13,16-17H2,(H,37,38);1H4;;1H3;1H2/q;;;;+1;;/p-1/t;22-,32-;21-,31-;;;;/m.00..../s1. The minimum Gasteiger partial charge on any atom is -0.870 e. The molecule has 0 amide bonds. The number of piperidine rings is 2. The molecule has 2 aromatic heterocycles. The number of carbonyl (C=O) groups excluding carboxylic acids is 2. The molecule has 8 heterocycles. The number of imidazole rings is 2. The van der Waals surface area contributed by atoms with Gasteiger partial charge in [0.25, 0.3) is 12.6 Å². The first-order valence-corrected chi connectivity index (χ1v) is 40.2. The Morgan fingerprint density at radius 2 is 0.765 bits per heavy atom. The maximum atomic E-state index is 14.6.